The fourth-order valence-electron chi connectivity index (χ4n) is 7.01. The van der Waals surface area contributed by atoms with Gasteiger partial charge in [-0.2, -0.15) is 0 Å². The van der Waals surface area contributed by atoms with Crippen molar-refractivity contribution in [2.24, 2.45) is 5.92 Å². The molecule has 0 nitrogen and oxygen atoms in total. The highest BCUT2D eigenvalue weighted by Gasteiger charge is 2.45. The predicted octanol–water partition coefficient (Wildman–Crippen LogP) is 10.6. The van der Waals surface area contributed by atoms with Crippen LogP contribution in [-0.2, 0) is 22.7 Å². The molecule has 0 radical (unpaired) electrons. The van der Waals surface area contributed by atoms with Gasteiger partial charge in [-0.1, -0.05) is 139 Å². The molecule has 0 bridgehead atoms. The third-order valence-electron chi connectivity index (χ3n) is 9.03. The van der Waals surface area contributed by atoms with Crippen molar-refractivity contribution >= 4 is 0 Å². The van der Waals surface area contributed by atoms with Crippen LogP contribution in [0.3, 0.4) is 0 Å². The molecule has 0 fully saturated rings. The summed E-state index contributed by atoms with van der Waals surface area (Å²) in [7, 11) is 0. The normalized spacial score (nSPS) is 16.3. The van der Waals surface area contributed by atoms with Crippen LogP contribution in [0.4, 0.5) is 0 Å². The summed E-state index contributed by atoms with van der Waals surface area (Å²) < 4.78 is 0. The second-order valence-corrected chi connectivity index (χ2v) is 13.7. The molecule has 2 aliphatic rings. The van der Waals surface area contributed by atoms with Crippen LogP contribution < -0.4 is 0 Å². The molecular formula is C39H46. The van der Waals surface area contributed by atoms with E-state index < -0.39 is 0 Å². The lowest BCUT2D eigenvalue weighted by Gasteiger charge is -2.44. The van der Waals surface area contributed by atoms with Gasteiger partial charge in [0.1, 0.15) is 0 Å². The van der Waals surface area contributed by atoms with Crippen LogP contribution in [-0.4, -0.2) is 0 Å². The second kappa shape index (κ2) is 10.5. The number of fused-ring (bicyclic) bond motifs is 3. The average molecular weight is 515 g/mol. The molecular weight excluding hydrogens is 468 g/mol. The van der Waals surface area contributed by atoms with Gasteiger partial charge in [0.05, 0.1) is 0 Å². The Morgan fingerprint density at radius 2 is 1.46 bits per heavy atom. The zero-order valence-electron chi connectivity index (χ0n) is 25.0. The maximum absolute atomic E-state index is 4.01. The summed E-state index contributed by atoms with van der Waals surface area (Å²) in [6.45, 7) is 18.2. The summed E-state index contributed by atoms with van der Waals surface area (Å²) in [6.07, 6.45) is 17.0. The summed E-state index contributed by atoms with van der Waals surface area (Å²) in [5.41, 5.74) is 11.9. The van der Waals surface area contributed by atoms with E-state index in [0.29, 0.717) is 5.92 Å². The van der Waals surface area contributed by atoms with E-state index in [-0.39, 0.29) is 16.2 Å². The molecule has 202 valence electrons. The van der Waals surface area contributed by atoms with E-state index >= 15 is 0 Å². The van der Waals surface area contributed by atoms with Crippen molar-refractivity contribution < 1.29 is 0 Å². The molecule has 0 saturated carbocycles. The Morgan fingerprint density at radius 1 is 0.769 bits per heavy atom. The number of benzene rings is 3. The van der Waals surface area contributed by atoms with Crippen LogP contribution in [0, 0.1) is 5.92 Å². The van der Waals surface area contributed by atoms with Gasteiger partial charge in [-0.25, -0.2) is 0 Å². The number of rotatable bonds is 8. The molecule has 3 aromatic carbocycles. The molecule has 0 heterocycles. The lowest BCUT2D eigenvalue weighted by atomic mass is 9.59. The van der Waals surface area contributed by atoms with Gasteiger partial charge < -0.3 is 0 Å². The highest BCUT2D eigenvalue weighted by Crippen LogP contribution is 2.54. The maximum Gasteiger partial charge on any atom is 0.0306 e. The number of hydrogen-bond acceptors (Lipinski definition) is 0. The Balaban J connectivity index is 1.81. The second-order valence-electron chi connectivity index (χ2n) is 13.7. The Hall–Kier alpha value is -3.12. The minimum absolute atomic E-state index is 0.0306. The summed E-state index contributed by atoms with van der Waals surface area (Å²) in [5.74, 6) is 0.324. The lowest BCUT2D eigenvalue weighted by molar-refractivity contribution is 0.379. The van der Waals surface area contributed by atoms with E-state index in [4.69, 9.17) is 0 Å². The molecule has 1 unspecified atom stereocenters. The first-order chi connectivity index (χ1) is 18.6. The van der Waals surface area contributed by atoms with Gasteiger partial charge in [0.25, 0.3) is 0 Å². The highest BCUT2D eigenvalue weighted by atomic mass is 14.5. The van der Waals surface area contributed by atoms with E-state index in [9.17, 15) is 0 Å². The number of unbranched alkanes of at least 4 members (excludes halogenated alkanes) is 2. The minimum atomic E-state index is -0.130. The van der Waals surface area contributed by atoms with Crippen LogP contribution >= 0.6 is 0 Å². The van der Waals surface area contributed by atoms with Crippen LogP contribution in [0.15, 0.2) is 97.6 Å². The van der Waals surface area contributed by atoms with Crippen molar-refractivity contribution in [3.05, 3.63) is 131 Å². The van der Waals surface area contributed by atoms with Gasteiger partial charge in [-0.05, 0) is 81.0 Å². The molecule has 0 N–H and O–H groups in total. The topological polar surface area (TPSA) is 0 Å². The number of allylic oxidation sites excluding steroid dienone is 5. The maximum atomic E-state index is 4.01. The Kier molecular flexibility index (Phi) is 7.36. The SMILES string of the molecule is C=CCCCCC(c1ccccc1)(c1c(C(C)(C)C)ccc2c1Cc1cc(C(C)(C)C)ccc1-2)C1C=CC=C1. The van der Waals surface area contributed by atoms with Crippen molar-refractivity contribution in [3.8, 4) is 11.1 Å². The average Bonchev–Trinajstić information content (AvgIpc) is 3.56. The van der Waals surface area contributed by atoms with Crippen LogP contribution in [0.2, 0.25) is 0 Å². The van der Waals surface area contributed by atoms with Gasteiger partial charge in [-0.15, -0.1) is 6.58 Å². The fourth-order valence-corrected chi connectivity index (χ4v) is 7.01. The van der Waals surface area contributed by atoms with E-state index in [2.05, 4.69) is 139 Å². The van der Waals surface area contributed by atoms with Crippen molar-refractivity contribution in [2.75, 3.05) is 0 Å². The highest BCUT2D eigenvalue weighted by molar-refractivity contribution is 5.80. The molecule has 0 aliphatic heterocycles. The van der Waals surface area contributed by atoms with E-state index in [1.54, 1.807) is 11.1 Å². The summed E-state index contributed by atoms with van der Waals surface area (Å²) in [5, 5.41) is 0. The quantitative estimate of drug-likeness (QED) is 0.162. The van der Waals surface area contributed by atoms with Crippen molar-refractivity contribution in [1.82, 2.24) is 0 Å². The summed E-state index contributed by atoms with van der Waals surface area (Å²) in [4.78, 5) is 0. The third kappa shape index (κ3) is 5.00. The third-order valence-corrected chi connectivity index (χ3v) is 9.03. The standard InChI is InChI=1S/C39H46/c1-8-9-10-16-25-39(30-19-14-15-20-30,29-17-12-11-13-18-29)36-34-27-28-26-31(37(2,3)4)21-22-32(28)33(34)23-24-35(36)38(5,6)7/h8,11-15,17-24,26,30H,1,9-10,16,25,27H2,2-7H3. The van der Waals surface area contributed by atoms with Crippen LogP contribution in [0.25, 0.3) is 11.1 Å². The van der Waals surface area contributed by atoms with E-state index in [0.717, 1.165) is 19.3 Å². The molecule has 0 heteroatoms. The molecule has 0 spiro atoms. The zero-order valence-corrected chi connectivity index (χ0v) is 25.0. The Labute approximate surface area is 237 Å². The molecule has 0 saturated heterocycles. The molecule has 39 heavy (non-hydrogen) atoms. The fraction of sp³-hybridized carbons (Fsp3) is 0.385. The molecule has 0 aromatic heterocycles. The lowest BCUT2D eigenvalue weighted by Crippen LogP contribution is -2.38. The van der Waals surface area contributed by atoms with Gasteiger partial charge in [0.15, 0.2) is 0 Å². The molecule has 1 atom stereocenters. The van der Waals surface area contributed by atoms with E-state index in [1.165, 1.54) is 46.2 Å². The molecule has 0 amide bonds. The Morgan fingerprint density at radius 3 is 2.10 bits per heavy atom. The van der Waals surface area contributed by atoms with Crippen molar-refractivity contribution in [2.45, 2.75) is 89.9 Å². The van der Waals surface area contributed by atoms with Gasteiger partial charge in [0, 0.05) is 11.3 Å². The van der Waals surface area contributed by atoms with E-state index in [1.807, 2.05) is 0 Å². The monoisotopic (exact) mass is 514 g/mol. The van der Waals surface area contributed by atoms with Crippen molar-refractivity contribution in [1.29, 1.82) is 0 Å². The minimum Gasteiger partial charge on any atom is -0.103 e. The van der Waals surface area contributed by atoms with Gasteiger partial charge >= 0.3 is 0 Å². The zero-order chi connectivity index (χ0) is 27.8. The largest absolute Gasteiger partial charge is 0.103 e. The van der Waals surface area contributed by atoms with Gasteiger partial charge in [0.2, 0.25) is 0 Å². The summed E-state index contributed by atoms with van der Waals surface area (Å²) >= 11 is 0. The first-order valence-electron chi connectivity index (χ1n) is 14.9. The first-order valence-corrected chi connectivity index (χ1v) is 14.9. The van der Waals surface area contributed by atoms with Gasteiger partial charge in [-0.3, -0.25) is 0 Å². The van der Waals surface area contributed by atoms with Crippen LogP contribution in [0.5, 0.6) is 0 Å². The smallest absolute Gasteiger partial charge is 0.0306 e. The molecule has 2 aliphatic carbocycles. The summed E-state index contributed by atoms with van der Waals surface area (Å²) in [6, 6.07) is 23.5. The first kappa shape index (κ1) is 27.4. The van der Waals surface area contributed by atoms with Crippen molar-refractivity contribution in [3.63, 3.8) is 0 Å². The predicted molar refractivity (Wildman–Crippen MR) is 170 cm³/mol. The van der Waals surface area contributed by atoms with Crippen LogP contribution in [0.1, 0.15) is 101 Å². The molecule has 3 aromatic rings. The number of hydrogen-bond donors (Lipinski definition) is 0. The molecule has 5 rings (SSSR count). The Bertz CT molecular complexity index is 1390.